The Morgan fingerprint density at radius 2 is 1.71 bits per heavy atom. The van der Waals surface area contributed by atoms with Gasteiger partial charge in [-0.15, -0.1) is 0 Å². The number of hydrogen-bond donors (Lipinski definition) is 1. The average molecular weight is 435 g/mol. The molecule has 1 amide bonds. The van der Waals surface area contributed by atoms with Gasteiger partial charge in [0.25, 0.3) is 0 Å². The first-order chi connectivity index (χ1) is 14.6. The highest BCUT2D eigenvalue weighted by Crippen LogP contribution is 2.39. The van der Waals surface area contributed by atoms with Gasteiger partial charge in [0.1, 0.15) is 11.5 Å². The fourth-order valence-corrected chi connectivity index (χ4v) is 3.86. The number of carbonyl (C=O) groups is 2. The Morgan fingerprint density at radius 3 is 2.32 bits per heavy atom. The highest BCUT2D eigenvalue weighted by atomic mass is 19.4. The van der Waals surface area contributed by atoms with Crippen LogP contribution in [-0.2, 0) is 11.0 Å². The number of para-hydroxylation sites is 1. The van der Waals surface area contributed by atoms with Crippen LogP contribution in [0.4, 0.5) is 18.9 Å². The van der Waals surface area contributed by atoms with Crippen molar-refractivity contribution < 1.29 is 32.6 Å². The van der Waals surface area contributed by atoms with E-state index in [-0.39, 0.29) is 28.8 Å². The van der Waals surface area contributed by atoms with Gasteiger partial charge >= 0.3 is 12.1 Å². The molecule has 1 saturated carbocycles. The first kappa shape index (κ1) is 22.7. The molecule has 0 saturated heterocycles. The van der Waals surface area contributed by atoms with E-state index in [9.17, 15) is 27.9 Å². The summed E-state index contributed by atoms with van der Waals surface area (Å²) in [7, 11) is 1.52. The number of hydrogen-bond acceptors (Lipinski definition) is 3. The van der Waals surface area contributed by atoms with E-state index in [1.54, 1.807) is 0 Å². The summed E-state index contributed by atoms with van der Waals surface area (Å²) in [6, 6.07) is 8.58. The molecular formula is C23H24F3NO4. The molecule has 31 heavy (non-hydrogen) atoms. The number of nitrogens with zero attached hydrogens (tertiary/aromatic N) is 1. The number of amides is 1. The predicted octanol–water partition coefficient (Wildman–Crippen LogP) is 5.99. The number of rotatable bonds is 5. The molecule has 5 nitrogen and oxygen atoms in total. The summed E-state index contributed by atoms with van der Waals surface area (Å²) in [4.78, 5) is 26.0. The lowest BCUT2D eigenvalue weighted by Crippen LogP contribution is -2.35. The summed E-state index contributed by atoms with van der Waals surface area (Å²) in [5.41, 5.74) is -1.01. The normalized spacial score (nSPS) is 19.0. The fraction of sp³-hybridized carbons (Fsp3) is 0.391. The summed E-state index contributed by atoms with van der Waals surface area (Å²) < 4.78 is 45.0. The van der Waals surface area contributed by atoms with Crippen molar-refractivity contribution in [2.45, 2.75) is 38.8 Å². The number of carbonyl (C=O) groups excluding carboxylic acids is 1. The van der Waals surface area contributed by atoms with Gasteiger partial charge in [-0.1, -0.05) is 19.1 Å². The van der Waals surface area contributed by atoms with E-state index >= 15 is 0 Å². The van der Waals surface area contributed by atoms with Crippen LogP contribution in [0.3, 0.4) is 0 Å². The van der Waals surface area contributed by atoms with Crippen LogP contribution >= 0.6 is 0 Å². The third kappa shape index (κ3) is 5.18. The van der Waals surface area contributed by atoms with Gasteiger partial charge in [-0.2, -0.15) is 13.2 Å². The number of carboxylic acids is 1. The molecule has 0 radical (unpaired) electrons. The SMILES string of the molecule is CN(c1ccc(Oc2ccccc2C(F)(F)F)cc1C(=O)O)C(=O)[C@H]1CC[C@H](C)CC1. The summed E-state index contributed by atoms with van der Waals surface area (Å²) >= 11 is 0. The first-order valence-corrected chi connectivity index (χ1v) is 10.1. The Balaban J connectivity index is 1.87. The molecule has 0 bridgehead atoms. The second-order valence-corrected chi connectivity index (χ2v) is 7.93. The second kappa shape index (κ2) is 8.99. The van der Waals surface area contributed by atoms with Crippen molar-refractivity contribution in [3.8, 4) is 11.5 Å². The lowest BCUT2D eigenvalue weighted by atomic mass is 9.82. The Bertz CT molecular complexity index is 966. The van der Waals surface area contributed by atoms with Crippen molar-refractivity contribution in [1.82, 2.24) is 0 Å². The van der Waals surface area contributed by atoms with Gasteiger partial charge in [-0.3, -0.25) is 4.79 Å². The number of anilines is 1. The van der Waals surface area contributed by atoms with Crippen molar-refractivity contribution in [2.24, 2.45) is 11.8 Å². The summed E-state index contributed by atoms with van der Waals surface area (Å²) in [6.07, 6.45) is -1.22. The Hall–Kier alpha value is -3.03. The van der Waals surface area contributed by atoms with Crippen LogP contribution in [0.25, 0.3) is 0 Å². The molecule has 1 aliphatic rings. The molecule has 0 heterocycles. The van der Waals surface area contributed by atoms with Gasteiger partial charge < -0.3 is 14.7 Å². The van der Waals surface area contributed by atoms with Crippen LogP contribution in [0.2, 0.25) is 0 Å². The largest absolute Gasteiger partial charge is 0.478 e. The number of alkyl halides is 3. The molecule has 2 aromatic rings. The van der Waals surface area contributed by atoms with Gasteiger partial charge in [0.05, 0.1) is 16.8 Å². The number of aromatic carboxylic acids is 1. The highest BCUT2D eigenvalue weighted by Gasteiger charge is 2.34. The maximum Gasteiger partial charge on any atom is 0.419 e. The van der Waals surface area contributed by atoms with E-state index in [4.69, 9.17) is 4.74 Å². The molecule has 0 aliphatic heterocycles. The van der Waals surface area contributed by atoms with E-state index in [2.05, 4.69) is 6.92 Å². The molecule has 166 valence electrons. The Kier molecular flexibility index (Phi) is 6.57. The minimum Gasteiger partial charge on any atom is -0.478 e. The maximum absolute atomic E-state index is 13.2. The number of carboxylic acid groups (broad SMARTS) is 1. The van der Waals surface area contributed by atoms with Crippen LogP contribution < -0.4 is 9.64 Å². The van der Waals surface area contributed by atoms with Crippen LogP contribution in [0.5, 0.6) is 11.5 Å². The van der Waals surface area contributed by atoms with E-state index in [1.807, 2.05) is 0 Å². The molecule has 1 N–H and O–H groups in total. The first-order valence-electron chi connectivity index (χ1n) is 10.1. The predicted molar refractivity (Wildman–Crippen MR) is 109 cm³/mol. The van der Waals surface area contributed by atoms with Crippen molar-refractivity contribution in [3.05, 3.63) is 53.6 Å². The topological polar surface area (TPSA) is 66.8 Å². The molecule has 8 heteroatoms. The molecule has 1 fully saturated rings. The van der Waals surface area contributed by atoms with E-state index in [0.29, 0.717) is 5.92 Å². The molecule has 1 aliphatic carbocycles. The number of ether oxygens (including phenoxy) is 1. The summed E-state index contributed by atoms with van der Waals surface area (Å²) in [6.45, 7) is 2.14. The van der Waals surface area contributed by atoms with Crippen LogP contribution in [0, 0.1) is 11.8 Å². The molecule has 2 aromatic carbocycles. The lowest BCUT2D eigenvalue weighted by molar-refractivity contribution is -0.138. The lowest BCUT2D eigenvalue weighted by Gasteiger charge is -2.29. The Labute approximate surface area is 178 Å². The smallest absolute Gasteiger partial charge is 0.419 e. The van der Waals surface area contributed by atoms with Gasteiger partial charge in [-0.05, 0) is 61.9 Å². The quantitative estimate of drug-likeness (QED) is 0.627. The zero-order chi connectivity index (χ0) is 22.8. The van der Waals surface area contributed by atoms with Crippen LogP contribution in [0.15, 0.2) is 42.5 Å². The van der Waals surface area contributed by atoms with Gasteiger partial charge in [0, 0.05) is 13.0 Å². The molecular weight excluding hydrogens is 411 g/mol. The average Bonchev–Trinajstić information content (AvgIpc) is 2.73. The maximum atomic E-state index is 13.2. The van der Waals surface area contributed by atoms with E-state index in [0.717, 1.165) is 43.9 Å². The molecule has 3 rings (SSSR count). The minimum absolute atomic E-state index is 0.0646. The third-order valence-electron chi connectivity index (χ3n) is 5.68. The molecule has 0 atom stereocenters. The highest BCUT2D eigenvalue weighted by molar-refractivity contribution is 6.02. The second-order valence-electron chi connectivity index (χ2n) is 7.93. The Morgan fingerprint density at radius 1 is 1.06 bits per heavy atom. The minimum atomic E-state index is -4.61. The van der Waals surface area contributed by atoms with Crippen molar-refractivity contribution in [1.29, 1.82) is 0 Å². The third-order valence-corrected chi connectivity index (χ3v) is 5.68. The summed E-state index contributed by atoms with van der Waals surface area (Å²) in [5.74, 6) is -1.56. The zero-order valence-corrected chi connectivity index (χ0v) is 17.3. The molecule has 0 unspecified atom stereocenters. The number of halogens is 3. The standard InChI is InChI=1S/C23H24F3NO4/c1-14-7-9-15(10-8-14)21(28)27(2)19-12-11-16(13-17(19)22(29)30)31-20-6-4-3-5-18(20)23(24,25)26/h3-6,11-15H,7-10H2,1-2H3,(H,29,30)/t14-,15-. The van der Waals surface area contributed by atoms with Gasteiger partial charge in [0.2, 0.25) is 5.91 Å². The van der Waals surface area contributed by atoms with Gasteiger partial charge in [0.15, 0.2) is 0 Å². The van der Waals surface area contributed by atoms with Gasteiger partial charge in [-0.25, -0.2) is 4.79 Å². The zero-order valence-electron chi connectivity index (χ0n) is 17.3. The van der Waals surface area contributed by atoms with Crippen LogP contribution in [-0.4, -0.2) is 24.0 Å². The monoisotopic (exact) mass is 435 g/mol. The molecule has 0 spiro atoms. The van der Waals surface area contributed by atoms with Crippen LogP contribution in [0.1, 0.15) is 48.5 Å². The van der Waals surface area contributed by atoms with Crippen molar-refractivity contribution >= 4 is 17.6 Å². The molecule has 0 aromatic heterocycles. The number of benzene rings is 2. The van der Waals surface area contributed by atoms with E-state index < -0.39 is 23.5 Å². The van der Waals surface area contributed by atoms with E-state index in [1.165, 1.54) is 36.2 Å². The van der Waals surface area contributed by atoms with Crippen molar-refractivity contribution in [3.63, 3.8) is 0 Å². The summed E-state index contributed by atoms with van der Waals surface area (Å²) in [5, 5.41) is 9.64. The fourth-order valence-electron chi connectivity index (χ4n) is 3.86. The van der Waals surface area contributed by atoms with Crippen molar-refractivity contribution in [2.75, 3.05) is 11.9 Å².